The number of aromatic amines is 2. The smallest absolute Gasteiger partial charge is 0.335 e. The summed E-state index contributed by atoms with van der Waals surface area (Å²) in [5, 5.41) is 15.9. The highest BCUT2D eigenvalue weighted by atomic mass is 35.5. The van der Waals surface area contributed by atoms with Gasteiger partial charge in [-0.05, 0) is 42.7 Å². The molecule has 8 heteroatoms. The first-order valence-electron chi connectivity index (χ1n) is 9.63. The van der Waals surface area contributed by atoms with E-state index >= 15 is 0 Å². The van der Waals surface area contributed by atoms with Crippen molar-refractivity contribution in [2.45, 2.75) is 19.4 Å². The minimum Gasteiger partial charge on any atom is -0.494 e. The molecular formula is C22H19ClN4O3. The van der Waals surface area contributed by atoms with Crippen molar-refractivity contribution < 1.29 is 5.11 Å². The first kappa shape index (κ1) is 18.7. The second kappa shape index (κ2) is 6.90. The summed E-state index contributed by atoms with van der Waals surface area (Å²) in [5.74, 6) is -0.405. The van der Waals surface area contributed by atoms with Crippen LogP contribution in [0.1, 0.15) is 28.4 Å². The van der Waals surface area contributed by atoms with Gasteiger partial charge in [-0.2, -0.15) is 0 Å². The Kier molecular flexibility index (Phi) is 4.30. The Balaban J connectivity index is 1.77. The highest BCUT2D eigenvalue weighted by molar-refractivity contribution is 6.30. The van der Waals surface area contributed by atoms with Crippen LogP contribution in [0.3, 0.4) is 0 Å². The summed E-state index contributed by atoms with van der Waals surface area (Å²) in [5.41, 5.74) is 2.76. The van der Waals surface area contributed by atoms with Crippen molar-refractivity contribution in [3.8, 4) is 11.6 Å². The molecule has 1 aliphatic rings. The Morgan fingerprint density at radius 3 is 2.77 bits per heavy atom. The van der Waals surface area contributed by atoms with Crippen LogP contribution in [-0.4, -0.2) is 26.2 Å². The summed E-state index contributed by atoms with van der Waals surface area (Å²) < 4.78 is 1.09. The number of aromatic nitrogens is 3. The molecule has 0 bridgehead atoms. The van der Waals surface area contributed by atoms with Crippen LogP contribution in [0.2, 0.25) is 5.02 Å². The first-order valence-corrected chi connectivity index (χ1v) is 10.0. The quantitative estimate of drug-likeness (QED) is 0.399. The van der Waals surface area contributed by atoms with Crippen molar-refractivity contribution in [1.29, 1.82) is 0 Å². The van der Waals surface area contributed by atoms with Gasteiger partial charge in [0.15, 0.2) is 0 Å². The predicted octanol–water partition coefficient (Wildman–Crippen LogP) is 2.91. The molecule has 0 fully saturated rings. The van der Waals surface area contributed by atoms with Crippen molar-refractivity contribution in [2.75, 3.05) is 6.54 Å². The molecule has 1 atom stereocenters. The van der Waals surface area contributed by atoms with Crippen molar-refractivity contribution >= 4 is 22.5 Å². The third-order valence-corrected chi connectivity index (χ3v) is 5.92. The fourth-order valence-electron chi connectivity index (χ4n) is 4.27. The zero-order valence-corrected chi connectivity index (χ0v) is 16.9. The number of aromatic hydroxyl groups is 1. The molecule has 152 valence electrons. The first-order chi connectivity index (χ1) is 14.5. The maximum absolute atomic E-state index is 12.8. The average Bonchev–Trinajstić information content (AvgIpc) is 3.10. The molecule has 0 spiro atoms. The summed E-state index contributed by atoms with van der Waals surface area (Å²) in [4.78, 5) is 31.2. The van der Waals surface area contributed by atoms with Crippen molar-refractivity contribution in [2.24, 2.45) is 0 Å². The molecule has 3 heterocycles. The van der Waals surface area contributed by atoms with Gasteiger partial charge in [0.1, 0.15) is 5.56 Å². The highest BCUT2D eigenvalue weighted by Crippen LogP contribution is 2.35. The van der Waals surface area contributed by atoms with Crippen molar-refractivity contribution in [1.82, 2.24) is 19.9 Å². The lowest BCUT2D eigenvalue weighted by molar-refractivity contribution is 0.409. The molecular weight excluding hydrogens is 404 g/mol. The second-order valence-electron chi connectivity index (χ2n) is 7.46. The molecule has 7 nitrogen and oxygen atoms in total. The number of hydrogen-bond donors (Lipinski definition) is 4. The van der Waals surface area contributed by atoms with Crippen LogP contribution in [-0.2, 0) is 6.42 Å². The third kappa shape index (κ3) is 2.78. The van der Waals surface area contributed by atoms with Gasteiger partial charge in [0.05, 0.1) is 11.7 Å². The lowest BCUT2D eigenvalue weighted by Crippen LogP contribution is -2.38. The van der Waals surface area contributed by atoms with Crippen LogP contribution in [0.25, 0.3) is 16.6 Å². The van der Waals surface area contributed by atoms with Gasteiger partial charge < -0.3 is 15.4 Å². The molecule has 1 unspecified atom stereocenters. The number of halogens is 1. The van der Waals surface area contributed by atoms with E-state index < -0.39 is 23.2 Å². The topological polar surface area (TPSA) is 103 Å². The third-order valence-electron chi connectivity index (χ3n) is 5.68. The van der Waals surface area contributed by atoms with Gasteiger partial charge in [-0.3, -0.25) is 9.78 Å². The van der Waals surface area contributed by atoms with Crippen molar-refractivity contribution in [3.63, 3.8) is 0 Å². The van der Waals surface area contributed by atoms with Gasteiger partial charge in [0.2, 0.25) is 5.88 Å². The Bertz CT molecular complexity index is 1420. The molecule has 2 aromatic heterocycles. The molecule has 30 heavy (non-hydrogen) atoms. The lowest BCUT2D eigenvalue weighted by atomic mass is 9.95. The number of nitrogens with zero attached hydrogens (tertiary/aromatic N) is 1. The number of rotatable bonds is 2. The van der Waals surface area contributed by atoms with Crippen LogP contribution >= 0.6 is 11.6 Å². The standard InChI is InChI=1S/C22H19ClN4O3/c1-11-6-7-12(23)10-16(11)27-21(29)17(20(28)26-22(27)30)19-18-14(8-9-24-19)13-4-2-3-5-15(13)25-18/h2-7,10,19,24-25,29H,8-9H2,1H3,(H,26,28,30). The highest BCUT2D eigenvalue weighted by Gasteiger charge is 2.31. The minimum absolute atomic E-state index is 0.0847. The number of aryl methyl sites for hydroxylation is 1. The Hall–Kier alpha value is -3.29. The van der Waals surface area contributed by atoms with Crippen LogP contribution in [0.4, 0.5) is 0 Å². The number of fused-ring (bicyclic) bond motifs is 3. The summed E-state index contributed by atoms with van der Waals surface area (Å²) in [6.45, 7) is 2.44. The van der Waals surface area contributed by atoms with E-state index in [4.69, 9.17) is 11.6 Å². The predicted molar refractivity (Wildman–Crippen MR) is 116 cm³/mol. The average molecular weight is 423 g/mol. The lowest BCUT2D eigenvalue weighted by Gasteiger charge is -2.25. The molecule has 4 aromatic rings. The Labute approximate surface area is 176 Å². The van der Waals surface area contributed by atoms with E-state index in [-0.39, 0.29) is 5.56 Å². The van der Waals surface area contributed by atoms with E-state index in [1.54, 1.807) is 25.1 Å². The van der Waals surface area contributed by atoms with Crippen LogP contribution in [0.15, 0.2) is 52.1 Å². The SMILES string of the molecule is Cc1ccc(Cl)cc1-n1c(O)c(C2NCCc3c2[nH]c2ccccc32)c(=O)[nH]c1=O. The van der Waals surface area contributed by atoms with Gasteiger partial charge in [0, 0.05) is 28.2 Å². The molecule has 2 aromatic carbocycles. The molecule has 4 N–H and O–H groups in total. The van der Waals surface area contributed by atoms with Gasteiger partial charge >= 0.3 is 5.69 Å². The summed E-state index contributed by atoms with van der Waals surface area (Å²) in [6.07, 6.45) is 0.793. The number of hydrogen-bond acceptors (Lipinski definition) is 4. The molecule has 0 saturated heterocycles. The van der Waals surface area contributed by atoms with E-state index in [1.807, 2.05) is 24.3 Å². The monoisotopic (exact) mass is 422 g/mol. The van der Waals surface area contributed by atoms with E-state index in [9.17, 15) is 14.7 Å². The molecule has 0 aliphatic carbocycles. The van der Waals surface area contributed by atoms with Crippen LogP contribution in [0.5, 0.6) is 5.88 Å². The second-order valence-corrected chi connectivity index (χ2v) is 7.90. The largest absolute Gasteiger partial charge is 0.494 e. The van der Waals surface area contributed by atoms with E-state index in [0.717, 1.165) is 38.7 Å². The fraction of sp³-hybridized carbons (Fsp3) is 0.182. The zero-order chi connectivity index (χ0) is 21.0. The van der Waals surface area contributed by atoms with Crippen LogP contribution < -0.4 is 16.6 Å². The maximum Gasteiger partial charge on any atom is 0.335 e. The molecule has 1 aliphatic heterocycles. The zero-order valence-electron chi connectivity index (χ0n) is 16.1. The Morgan fingerprint density at radius 2 is 1.93 bits per heavy atom. The number of benzene rings is 2. The van der Waals surface area contributed by atoms with Gasteiger partial charge in [-0.15, -0.1) is 0 Å². The minimum atomic E-state index is -0.723. The molecule has 0 amide bonds. The summed E-state index contributed by atoms with van der Waals surface area (Å²) in [6, 6.07) is 12.4. The molecule has 5 rings (SSSR count). The fourth-order valence-corrected chi connectivity index (χ4v) is 4.44. The number of nitrogens with one attached hydrogen (secondary N) is 3. The number of para-hydroxylation sites is 1. The summed E-state index contributed by atoms with van der Waals surface area (Å²) >= 11 is 6.12. The van der Waals surface area contributed by atoms with E-state index in [2.05, 4.69) is 15.3 Å². The van der Waals surface area contributed by atoms with Gasteiger partial charge in [-0.1, -0.05) is 35.9 Å². The number of H-pyrrole nitrogens is 2. The summed E-state index contributed by atoms with van der Waals surface area (Å²) in [7, 11) is 0. The maximum atomic E-state index is 12.8. The van der Waals surface area contributed by atoms with Gasteiger partial charge in [0.25, 0.3) is 5.56 Å². The molecule has 0 saturated carbocycles. The molecule has 0 radical (unpaired) electrons. The normalized spacial score (nSPS) is 16.0. The Morgan fingerprint density at radius 1 is 1.13 bits per heavy atom. The van der Waals surface area contributed by atoms with Crippen LogP contribution in [0, 0.1) is 6.92 Å². The van der Waals surface area contributed by atoms with E-state index in [0.29, 0.717) is 17.3 Å². The van der Waals surface area contributed by atoms with E-state index in [1.165, 1.54) is 0 Å². The van der Waals surface area contributed by atoms with Gasteiger partial charge in [-0.25, -0.2) is 9.36 Å². The van der Waals surface area contributed by atoms with Crippen molar-refractivity contribution in [3.05, 3.63) is 90.7 Å².